The summed E-state index contributed by atoms with van der Waals surface area (Å²) in [4.78, 5) is 36.1. The average Bonchev–Trinajstić information content (AvgIpc) is 2.43. The van der Waals surface area contributed by atoms with E-state index < -0.39 is 29.3 Å². The summed E-state index contributed by atoms with van der Waals surface area (Å²) in [7, 11) is 1.12. The van der Waals surface area contributed by atoms with Crippen molar-refractivity contribution >= 4 is 35.0 Å². The zero-order valence-electron chi connectivity index (χ0n) is 11.4. The van der Waals surface area contributed by atoms with Gasteiger partial charge in [0.15, 0.2) is 16.6 Å². The van der Waals surface area contributed by atoms with Crippen molar-refractivity contribution in [2.45, 2.75) is 25.8 Å². The Labute approximate surface area is 121 Å². The number of carbonyl (C=O) groups excluding carboxylic acids is 3. The molecule has 108 valence electrons. The molecular formula is C12H15N3O4S. The lowest BCUT2D eigenvalue weighted by Crippen LogP contribution is -2.73. The maximum atomic E-state index is 12.2. The minimum absolute atomic E-state index is 0.109. The predicted octanol–water partition coefficient (Wildman–Crippen LogP) is -0.343. The van der Waals surface area contributed by atoms with Crippen LogP contribution in [-0.2, 0) is 19.1 Å². The van der Waals surface area contributed by atoms with Gasteiger partial charge in [0.05, 0.1) is 19.1 Å². The predicted molar refractivity (Wildman–Crippen MR) is 72.2 cm³/mol. The van der Waals surface area contributed by atoms with E-state index in [0.717, 1.165) is 7.11 Å². The zero-order valence-corrected chi connectivity index (χ0v) is 12.2. The molecule has 0 aromatic carbocycles. The molecule has 0 aromatic rings. The van der Waals surface area contributed by atoms with Gasteiger partial charge in [0, 0.05) is 6.42 Å². The maximum absolute atomic E-state index is 12.2. The van der Waals surface area contributed by atoms with Gasteiger partial charge >= 0.3 is 5.97 Å². The minimum Gasteiger partial charge on any atom is -0.467 e. The maximum Gasteiger partial charge on any atom is 0.334 e. The summed E-state index contributed by atoms with van der Waals surface area (Å²) < 4.78 is 4.69. The van der Waals surface area contributed by atoms with Crippen molar-refractivity contribution in [3.05, 3.63) is 0 Å². The molecule has 3 atom stereocenters. The second-order valence-corrected chi connectivity index (χ2v) is 4.82. The molecule has 7 nitrogen and oxygen atoms in total. The zero-order chi connectivity index (χ0) is 15.5. The molecule has 0 radical (unpaired) electrons. The van der Waals surface area contributed by atoms with Crippen molar-refractivity contribution in [1.29, 1.82) is 5.26 Å². The van der Waals surface area contributed by atoms with E-state index in [-0.39, 0.29) is 17.3 Å². The second kappa shape index (κ2) is 5.96. The summed E-state index contributed by atoms with van der Waals surface area (Å²) in [6, 6.07) is 1.75. The molecule has 1 saturated heterocycles. The van der Waals surface area contributed by atoms with Crippen LogP contribution in [0.1, 0.15) is 20.3 Å². The number of nitriles is 1. The van der Waals surface area contributed by atoms with Crippen molar-refractivity contribution < 1.29 is 19.1 Å². The van der Waals surface area contributed by atoms with Gasteiger partial charge in [0.25, 0.3) is 0 Å². The molecule has 1 amide bonds. The number of thiocarbonyl (C=S) groups is 1. The van der Waals surface area contributed by atoms with E-state index >= 15 is 0 Å². The van der Waals surface area contributed by atoms with Gasteiger partial charge in [-0.3, -0.25) is 9.59 Å². The molecule has 0 aliphatic carbocycles. The van der Waals surface area contributed by atoms with Crippen molar-refractivity contribution in [2.75, 3.05) is 7.11 Å². The van der Waals surface area contributed by atoms with Crippen LogP contribution < -0.4 is 10.6 Å². The highest BCUT2D eigenvalue weighted by Gasteiger charge is 2.59. The first-order valence-electron chi connectivity index (χ1n) is 5.98. The number of nitrogens with zero attached hydrogens (tertiary/aromatic N) is 1. The third-order valence-electron chi connectivity index (χ3n) is 3.44. The van der Waals surface area contributed by atoms with Gasteiger partial charge in [-0.2, -0.15) is 5.26 Å². The molecule has 0 spiro atoms. The van der Waals surface area contributed by atoms with E-state index in [1.807, 2.05) is 0 Å². The van der Waals surface area contributed by atoms with E-state index in [2.05, 4.69) is 10.6 Å². The summed E-state index contributed by atoms with van der Waals surface area (Å²) >= 11 is 4.87. The van der Waals surface area contributed by atoms with Crippen LogP contribution in [0.2, 0.25) is 0 Å². The largest absolute Gasteiger partial charge is 0.467 e. The summed E-state index contributed by atoms with van der Waals surface area (Å²) in [5, 5.41) is 14.0. The molecule has 3 unspecified atom stereocenters. The molecule has 0 aromatic heterocycles. The molecule has 1 fully saturated rings. The Morgan fingerprint density at radius 2 is 2.20 bits per heavy atom. The number of hydrogen-bond donors (Lipinski definition) is 2. The van der Waals surface area contributed by atoms with E-state index in [1.54, 1.807) is 13.0 Å². The summed E-state index contributed by atoms with van der Waals surface area (Å²) in [5.74, 6) is -4.21. The molecule has 0 saturated carbocycles. The Bertz CT molecular complexity index is 513. The van der Waals surface area contributed by atoms with Gasteiger partial charge in [-0.15, -0.1) is 0 Å². The van der Waals surface area contributed by atoms with E-state index in [4.69, 9.17) is 17.0 Å². The average molecular weight is 297 g/mol. The quantitative estimate of drug-likeness (QED) is 0.539. The lowest BCUT2D eigenvalue weighted by molar-refractivity contribution is -0.158. The van der Waals surface area contributed by atoms with Gasteiger partial charge in [-0.25, -0.2) is 4.79 Å². The molecule has 0 bridgehead atoms. The number of methoxy groups -OCH3 is 1. The Kier molecular flexibility index (Phi) is 4.78. The number of ketones is 1. The first kappa shape index (κ1) is 16.0. The van der Waals surface area contributed by atoms with Crippen LogP contribution in [0.25, 0.3) is 0 Å². The fraction of sp³-hybridized carbons (Fsp3) is 0.583. The van der Waals surface area contributed by atoms with E-state index in [1.165, 1.54) is 6.92 Å². The van der Waals surface area contributed by atoms with Crippen LogP contribution in [0.15, 0.2) is 0 Å². The number of esters is 1. The molecule has 20 heavy (non-hydrogen) atoms. The van der Waals surface area contributed by atoms with Gasteiger partial charge < -0.3 is 15.4 Å². The van der Waals surface area contributed by atoms with Crippen molar-refractivity contribution in [1.82, 2.24) is 10.6 Å². The first-order valence-corrected chi connectivity index (χ1v) is 6.39. The Morgan fingerprint density at radius 3 is 2.65 bits per heavy atom. The highest BCUT2D eigenvalue weighted by atomic mass is 32.1. The van der Waals surface area contributed by atoms with Crippen LogP contribution in [0.3, 0.4) is 0 Å². The molecule has 1 heterocycles. The summed E-state index contributed by atoms with van der Waals surface area (Å²) in [5.41, 5.74) is -1.80. The van der Waals surface area contributed by atoms with Crippen LogP contribution in [0, 0.1) is 23.2 Å². The number of amides is 1. The molecule has 2 N–H and O–H groups in total. The highest BCUT2D eigenvalue weighted by molar-refractivity contribution is 7.80. The van der Waals surface area contributed by atoms with Gasteiger partial charge in [-0.05, 0) is 12.2 Å². The van der Waals surface area contributed by atoms with Crippen molar-refractivity contribution in [2.24, 2.45) is 11.8 Å². The number of nitrogens with one attached hydrogen (secondary N) is 2. The third kappa shape index (κ3) is 2.36. The van der Waals surface area contributed by atoms with Crippen LogP contribution in [0.5, 0.6) is 0 Å². The lowest BCUT2D eigenvalue weighted by Gasteiger charge is -2.42. The molecule has 1 aliphatic rings. The van der Waals surface area contributed by atoms with Crippen molar-refractivity contribution in [3.8, 4) is 6.07 Å². The Morgan fingerprint density at radius 1 is 1.60 bits per heavy atom. The standard InChI is InChI=1S/C12H15N3O4S/c1-4-8(16)6(2)12(10(18)19-3)7(5-13)9(17)14-11(20)15-12/h6-7H,4H2,1-3H3,(H2,14,15,17,20). The summed E-state index contributed by atoms with van der Waals surface area (Å²) in [6.07, 6.45) is 0.161. The normalized spacial score (nSPS) is 26.8. The highest BCUT2D eigenvalue weighted by Crippen LogP contribution is 2.32. The van der Waals surface area contributed by atoms with Crippen LogP contribution in [0.4, 0.5) is 0 Å². The Balaban J connectivity index is 3.45. The molecule has 1 rings (SSSR count). The number of hydrogen-bond acceptors (Lipinski definition) is 6. The summed E-state index contributed by atoms with van der Waals surface area (Å²) in [6.45, 7) is 3.10. The third-order valence-corrected chi connectivity index (χ3v) is 3.65. The number of ether oxygens (including phenoxy) is 1. The van der Waals surface area contributed by atoms with Crippen LogP contribution in [-0.4, -0.2) is 35.4 Å². The molecule has 8 heteroatoms. The number of Topliss-reactive ketones (excluding diaryl/α,β-unsaturated/α-hetero) is 1. The molecule has 1 aliphatic heterocycles. The van der Waals surface area contributed by atoms with E-state index in [0.29, 0.717) is 0 Å². The molecular weight excluding hydrogens is 282 g/mol. The van der Waals surface area contributed by atoms with Gasteiger partial charge in [-0.1, -0.05) is 13.8 Å². The topological polar surface area (TPSA) is 108 Å². The first-order chi connectivity index (χ1) is 9.34. The number of carbonyl (C=O) groups is 3. The number of rotatable bonds is 4. The smallest absolute Gasteiger partial charge is 0.334 e. The second-order valence-electron chi connectivity index (χ2n) is 4.41. The minimum atomic E-state index is -1.80. The fourth-order valence-corrected chi connectivity index (χ4v) is 2.54. The van der Waals surface area contributed by atoms with Crippen LogP contribution >= 0.6 is 12.2 Å². The van der Waals surface area contributed by atoms with E-state index in [9.17, 15) is 19.6 Å². The van der Waals surface area contributed by atoms with Gasteiger partial charge in [0.2, 0.25) is 5.91 Å². The fourth-order valence-electron chi connectivity index (χ4n) is 2.28. The van der Waals surface area contributed by atoms with Gasteiger partial charge in [0.1, 0.15) is 5.78 Å². The SMILES string of the molecule is CCC(=O)C(C)C1(C(=O)OC)NC(=S)NC(=O)C1C#N. The Hall–Kier alpha value is -2.01. The lowest BCUT2D eigenvalue weighted by atomic mass is 9.71. The van der Waals surface area contributed by atoms with Crippen molar-refractivity contribution in [3.63, 3.8) is 0 Å². The monoisotopic (exact) mass is 297 g/mol.